The van der Waals surface area contributed by atoms with Crippen LogP contribution in [-0.4, -0.2) is 37.1 Å². The van der Waals surface area contributed by atoms with Crippen molar-refractivity contribution in [1.82, 2.24) is 10.2 Å². The van der Waals surface area contributed by atoms with E-state index in [0.29, 0.717) is 5.41 Å². The highest BCUT2D eigenvalue weighted by Crippen LogP contribution is 2.40. The molecule has 0 amide bonds. The number of likely N-dealkylation sites (tertiary alicyclic amines) is 1. The quantitative estimate of drug-likeness (QED) is 0.825. The summed E-state index contributed by atoms with van der Waals surface area (Å²) in [7, 11) is 0. The van der Waals surface area contributed by atoms with E-state index in [1.165, 1.54) is 77.5 Å². The molecule has 2 heteroatoms. The van der Waals surface area contributed by atoms with Crippen molar-refractivity contribution < 1.29 is 0 Å². The molecule has 2 nitrogen and oxygen atoms in total. The SMILES string of the molecule is CC1CCCN(CC2(CNC3CC3)CCCC(C)C2)C1. The number of nitrogens with zero attached hydrogens (tertiary/aromatic N) is 1. The maximum atomic E-state index is 3.86. The van der Waals surface area contributed by atoms with Crippen LogP contribution in [0.3, 0.4) is 0 Å². The van der Waals surface area contributed by atoms with Crippen molar-refractivity contribution in [3.63, 3.8) is 0 Å². The van der Waals surface area contributed by atoms with Gasteiger partial charge in [0, 0.05) is 25.7 Å². The molecule has 0 aromatic carbocycles. The summed E-state index contributed by atoms with van der Waals surface area (Å²) in [4.78, 5) is 2.79. The van der Waals surface area contributed by atoms with E-state index in [0.717, 1.165) is 17.9 Å². The largest absolute Gasteiger partial charge is 0.313 e. The summed E-state index contributed by atoms with van der Waals surface area (Å²) in [5, 5.41) is 3.86. The van der Waals surface area contributed by atoms with Crippen LogP contribution in [0, 0.1) is 17.3 Å². The Bertz CT molecular complexity index is 313. The van der Waals surface area contributed by atoms with Gasteiger partial charge in [0.05, 0.1) is 0 Å². The second kappa shape index (κ2) is 6.36. The van der Waals surface area contributed by atoms with Gasteiger partial charge in [0.1, 0.15) is 0 Å². The van der Waals surface area contributed by atoms with Crippen molar-refractivity contribution in [2.75, 3.05) is 26.2 Å². The highest BCUT2D eigenvalue weighted by atomic mass is 15.1. The lowest BCUT2D eigenvalue weighted by Gasteiger charge is -2.45. The molecule has 0 aromatic heterocycles. The van der Waals surface area contributed by atoms with Crippen LogP contribution in [0.4, 0.5) is 0 Å². The Kier molecular flexibility index (Phi) is 4.72. The topological polar surface area (TPSA) is 15.3 Å². The number of hydrogen-bond donors (Lipinski definition) is 1. The molecule has 3 atom stereocenters. The Balaban J connectivity index is 1.60. The van der Waals surface area contributed by atoms with Crippen molar-refractivity contribution in [3.05, 3.63) is 0 Å². The van der Waals surface area contributed by atoms with Gasteiger partial charge in [0.15, 0.2) is 0 Å². The molecule has 3 unspecified atom stereocenters. The predicted octanol–water partition coefficient (Wildman–Crippen LogP) is 3.67. The van der Waals surface area contributed by atoms with Crippen molar-refractivity contribution in [1.29, 1.82) is 0 Å². The van der Waals surface area contributed by atoms with E-state index in [4.69, 9.17) is 0 Å². The number of hydrogen-bond acceptors (Lipinski definition) is 2. The minimum absolute atomic E-state index is 0.581. The minimum atomic E-state index is 0.581. The lowest BCUT2D eigenvalue weighted by Crippen LogP contribution is -2.49. The molecule has 3 rings (SSSR count). The Labute approximate surface area is 125 Å². The monoisotopic (exact) mass is 278 g/mol. The first-order valence-electron chi connectivity index (χ1n) is 9.11. The number of piperidine rings is 1. The summed E-state index contributed by atoms with van der Waals surface area (Å²) >= 11 is 0. The summed E-state index contributed by atoms with van der Waals surface area (Å²) in [5.74, 6) is 1.85. The molecule has 0 spiro atoms. The Morgan fingerprint density at radius 3 is 2.55 bits per heavy atom. The van der Waals surface area contributed by atoms with Gasteiger partial charge in [0.2, 0.25) is 0 Å². The van der Waals surface area contributed by atoms with E-state index in [-0.39, 0.29) is 0 Å². The summed E-state index contributed by atoms with van der Waals surface area (Å²) < 4.78 is 0. The molecule has 1 saturated heterocycles. The fraction of sp³-hybridized carbons (Fsp3) is 1.00. The average molecular weight is 278 g/mol. The first-order valence-corrected chi connectivity index (χ1v) is 9.11. The summed E-state index contributed by atoms with van der Waals surface area (Å²) in [6.07, 6.45) is 11.5. The van der Waals surface area contributed by atoms with Crippen LogP contribution < -0.4 is 5.32 Å². The van der Waals surface area contributed by atoms with Gasteiger partial charge in [0.25, 0.3) is 0 Å². The van der Waals surface area contributed by atoms with Crippen molar-refractivity contribution in [3.8, 4) is 0 Å². The molecular weight excluding hydrogens is 244 g/mol. The van der Waals surface area contributed by atoms with Gasteiger partial charge in [-0.1, -0.05) is 26.7 Å². The molecule has 20 heavy (non-hydrogen) atoms. The van der Waals surface area contributed by atoms with Crippen LogP contribution in [0.1, 0.15) is 65.2 Å². The normalized spacial score (nSPS) is 39.9. The van der Waals surface area contributed by atoms with Crippen LogP contribution in [-0.2, 0) is 0 Å². The molecule has 0 bridgehead atoms. The van der Waals surface area contributed by atoms with Crippen molar-refractivity contribution in [2.24, 2.45) is 17.3 Å². The Morgan fingerprint density at radius 1 is 1.05 bits per heavy atom. The van der Waals surface area contributed by atoms with E-state index in [2.05, 4.69) is 24.1 Å². The third-order valence-electron chi connectivity index (χ3n) is 5.83. The molecule has 116 valence electrons. The summed E-state index contributed by atoms with van der Waals surface area (Å²) in [5.41, 5.74) is 0.581. The van der Waals surface area contributed by atoms with Gasteiger partial charge in [-0.25, -0.2) is 0 Å². The van der Waals surface area contributed by atoms with Crippen molar-refractivity contribution in [2.45, 2.75) is 71.3 Å². The third kappa shape index (κ3) is 3.98. The van der Waals surface area contributed by atoms with Crippen molar-refractivity contribution >= 4 is 0 Å². The van der Waals surface area contributed by atoms with Gasteiger partial charge in [-0.3, -0.25) is 0 Å². The molecule has 1 heterocycles. The summed E-state index contributed by atoms with van der Waals surface area (Å²) in [6.45, 7) is 10.3. The maximum absolute atomic E-state index is 3.86. The minimum Gasteiger partial charge on any atom is -0.313 e. The van der Waals surface area contributed by atoms with Crippen LogP contribution in [0.2, 0.25) is 0 Å². The van der Waals surface area contributed by atoms with Crippen LogP contribution in [0.25, 0.3) is 0 Å². The van der Waals surface area contributed by atoms with Gasteiger partial charge in [-0.05, 0) is 62.3 Å². The first-order chi connectivity index (χ1) is 9.65. The van der Waals surface area contributed by atoms with E-state index >= 15 is 0 Å². The van der Waals surface area contributed by atoms with E-state index in [9.17, 15) is 0 Å². The van der Waals surface area contributed by atoms with Gasteiger partial charge in [-0.15, -0.1) is 0 Å². The molecule has 2 saturated carbocycles. The van der Waals surface area contributed by atoms with Crippen LogP contribution in [0.15, 0.2) is 0 Å². The second-order valence-corrected chi connectivity index (χ2v) is 8.34. The van der Waals surface area contributed by atoms with Gasteiger partial charge in [-0.2, -0.15) is 0 Å². The maximum Gasteiger partial charge on any atom is 0.00684 e. The zero-order valence-corrected chi connectivity index (χ0v) is 13.7. The predicted molar refractivity (Wildman–Crippen MR) is 85.9 cm³/mol. The molecule has 1 aliphatic heterocycles. The fourth-order valence-electron chi connectivity index (χ4n) is 4.68. The van der Waals surface area contributed by atoms with Gasteiger partial charge < -0.3 is 10.2 Å². The summed E-state index contributed by atoms with van der Waals surface area (Å²) in [6, 6.07) is 0.865. The lowest BCUT2D eigenvalue weighted by molar-refractivity contribution is 0.0590. The standard InChI is InChI=1S/C18H34N2/c1-15-5-3-9-18(11-15,13-19-17-7-8-17)14-20-10-4-6-16(2)12-20/h15-17,19H,3-14H2,1-2H3. The van der Waals surface area contributed by atoms with Gasteiger partial charge >= 0.3 is 0 Å². The molecule has 2 aliphatic carbocycles. The molecule has 0 aromatic rings. The zero-order chi connectivity index (χ0) is 14.0. The van der Waals surface area contributed by atoms with E-state index < -0.39 is 0 Å². The highest BCUT2D eigenvalue weighted by molar-refractivity contribution is 4.93. The zero-order valence-electron chi connectivity index (χ0n) is 13.7. The average Bonchev–Trinajstić information content (AvgIpc) is 3.20. The number of nitrogens with one attached hydrogen (secondary N) is 1. The van der Waals surface area contributed by atoms with Crippen LogP contribution >= 0.6 is 0 Å². The van der Waals surface area contributed by atoms with E-state index in [1.54, 1.807) is 0 Å². The second-order valence-electron chi connectivity index (χ2n) is 8.34. The number of rotatable bonds is 5. The lowest BCUT2D eigenvalue weighted by atomic mass is 9.69. The Hall–Kier alpha value is -0.0800. The highest BCUT2D eigenvalue weighted by Gasteiger charge is 2.38. The third-order valence-corrected chi connectivity index (χ3v) is 5.83. The molecule has 3 fully saturated rings. The molecule has 1 N–H and O–H groups in total. The smallest absolute Gasteiger partial charge is 0.00684 e. The Morgan fingerprint density at radius 2 is 1.85 bits per heavy atom. The molecular formula is C18H34N2. The van der Waals surface area contributed by atoms with Crippen LogP contribution in [0.5, 0.6) is 0 Å². The molecule has 3 aliphatic rings. The first kappa shape index (κ1) is 14.8. The van der Waals surface area contributed by atoms with E-state index in [1.807, 2.05) is 0 Å². The fourth-order valence-corrected chi connectivity index (χ4v) is 4.68. The molecule has 0 radical (unpaired) electrons.